The minimum Gasteiger partial charge on any atom is -0.366 e. The fraction of sp³-hybridized carbons (Fsp3) is 0.250. The fourth-order valence-corrected chi connectivity index (χ4v) is 5.12. The van der Waals surface area contributed by atoms with Crippen molar-refractivity contribution < 1.29 is 8.42 Å². The van der Waals surface area contributed by atoms with Crippen LogP contribution in [0, 0.1) is 22.7 Å². The second-order valence-electron chi connectivity index (χ2n) is 6.27. The van der Waals surface area contributed by atoms with E-state index in [-0.39, 0.29) is 4.90 Å². The first-order valence-electron chi connectivity index (χ1n) is 8.87. The molecule has 0 spiro atoms. The van der Waals surface area contributed by atoms with Crippen molar-refractivity contribution in [2.75, 3.05) is 37.3 Å². The maximum atomic E-state index is 12.6. The normalized spacial score (nSPS) is 14.9. The van der Waals surface area contributed by atoms with E-state index >= 15 is 0 Å². The Labute approximate surface area is 174 Å². The molecule has 1 aliphatic rings. The molecule has 2 aromatic carbocycles. The first-order chi connectivity index (χ1) is 14.0. The molecule has 0 aliphatic carbocycles. The van der Waals surface area contributed by atoms with Crippen molar-refractivity contribution in [3.63, 3.8) is 0 Å². The molecule has 1 aliphatic heterocycles. The summed E-state index contributed by atoms with van der Waals surface area (Å²) in [7, 11) is -3.78. The van der Waals surface area contributed by atoms with Crippen LogP contribution in [0.5, 0.6) is 0 Å². The molecule has 29 heavy (non-hydrogen) atoms. The van der Waals surface area contributed by atoms with Gasteiger partial charge in [0.05, 0.1) is 21.7 Å². The van der Waals surface area contributed by atoms with Crippen molar-refractivity contribution in [1.29, 1.82) is 10.5 Å². The number of thioether (sulfide) groups is 1. The summed E-state index contributed by atoms with van der Waals surface area (Å²) in [5.41, 5.74) is 1.56. The molecule has 148 valence electrons. The van der Waals surface area contributed by atoms with Crippen LogP contribution in [0.4, 0.5) is 5.69 Å². The minimum atomic E-state index is -3.78. The van der Waals surface area contributed by atoms with Crippen LogP contribution < -0.4 is 4.90 Å². The number of nitrogens with zero attached hydrogens (tertiary/aromatic N) is 5. The molecule has 0 N–H and O–H groups in total. The van der Waals surface area contributed by atoms with E-state index in [1.54, 1.807) is 42.7 Å². The van der Waals surface area contributed by atoms with Crippen LogP contribution in [0.3, 0.4) is 0 Å². The number of piperazine rings is 1. The summed E-state index contributed by atoms with van der Waals surface area (Å²) in [4.78, 5) is 4.08. The van der Waals surface area contributed by atoms with E-state index in [1.165, 1.54) is 23.9 Å². The highest BCUT2D eigenvalue weighted by Gasteiger charge is 2.25. The largest absolute Gasteiger partial charge is 0.366 e. The molecule has 0 aromatic heterocycles. The molecular weight excluding hydrogens is 406 g/mol. The first-order valence-corrected chi connectivity index (χ1v) is 11.5. The number of sulfonamides is 1. The molecule has 0 atom stereocenters. The van der Waals surface area contributed by atoms with Crippen LogP contribution >= 0.6 is 11.8 Å². The highest BCUT2D eigenvalue weighted by Crippen LogP contribution is 2.26. The van der Waals surface area contributed by atoms with Crippen LogP contribution in [0.2, 0.25) is 0 Å². The van der Waals surface area contributed by atoms with Gasteiger partial charge in [-0.1, -0.05) is 36.0 Å². The fourth-order valence-electron chi connectivity index (χ4n) is 3.16. The van der Waals surface area contributed by atoms with Gasteiger partial charge in [-0.15, -0.1) is 4.40 Å². The van der Waals surface area contributed by atoms with Gasteiger partial charge < -0.3 is 9.80 Å². The van der Waals surface area contributed by atoms with Crippen LogP contribution in [-0.4, -0.2) is 50.9 Å². The summed E-state index contributed by atoms with van der Waals surface area (Å²) >= 11 is 1.28. The Kier molecular flexibility index (Phi) is 6.42. The second-order valence-corrected chi connectivity index (χ2v) is 8.64. The predicted octanol–water partition coefficient (Wildman–Crippen LogP) is 2.66. The van der Waals surface area contributed by atoms with Crippen molar-refractivity contribution in [3.05, 3.63) is 59.7 Å². The Morgan fingerprint density at radius 2 is 1.55 bits per heavy atom. The van der Waals surface area contributed by atoms with Gasteiger partial charge in [0.25, 0.3) is 10.0 Å². The Morgan fingerprint density at radius 1 is 0.966 bits per heavy atom. The number of benzene rings is 2. The van der Waals surface area contributed by atoms with E-state index in [2.05, 4.69) is 16.5 Å². The van der Waals surface area contributed by atoms with Gasteiger partial charge in [-0.2, -0.15) is 18.9 Å². The van der Waals surface area contributed by atoms with E-state index < -0.39 is 10.0 Å². The summed E-state index contributed by atoms with van der Waals surface area (Å²) in [6.07, 6.45) is 1.80. The summed E-state index contributed by atoms with van der Waals surface area (Å²) < 4.78 is 29.2. The third-order valence-corrected chi connectivity index (χ3v) is 6.68. The number of para-hydroxylation sites is 1. The standard InChI is InChI=1S/C20H19N5O2S2/c1-28-20(23-29(26,27)18-8-3-2-4-9-18)25-12-10-24(11-13-25)19-16(14-21)6-5-7-17(19)15-22/h2-9H,10-13H2,1H3. The number of anilines is 1. The zero-order valence-electron chi connectivity index (χ0n) is 15.8. The van der Waals surface area contributed by atoms with Gasteiger partial charge in [0.15, 0.2) is 5.17 Å². The monoisotopic (exact) mass is 425 g/mol. The van der Waals surface area contributed by atoms with Crippen molar-refractivity contribution >= 4 is 32.6 Å². The molecule has 9 heteroatoms. The van der Waals surface area contributed by atoms with E-state index in [4.69, 9.17) is 0 Å². The van der Waals surface area contributed by atoms with Gasteiger partial charge in [-0.05, 0) is 30.5 Å². The van der Waals surface area contributed by atoms with Crippen molar-refractivity contribution in [3.8, 4) is 12.1 Å². The van der Waals surface area contributed by atoms with E-state index in [0.29, 0.717) is 48.2 Å². The quantitative estimate of drug-likeness (QED) is 0.550. The third kappa shape index (κ3) is 4.53. The highest BCUT2D eigenvalue weighted by atomic mass is 32.2. The Hall–Kier alpha value is -3.01. The van der Waals surface area contributed by atoms with Crippen molar-refractivity contribution in [1.82, 2.24) is 4.90 Å². The minimum absolute atomic E-state index is 0.159. The lowest BCUT2D eigenvalue weighted by Gasteiger charge is -2.37. The molecule has 1 heterocycles. The topological polar surface area (TPSA) is 101 Å². The SMILES string of the molecule is CSC(=NS(=O)(=O)c1ccccc1)N1CCN(c2c(C#N)cccc2C#N)CC1. The van der Waals surface area contributed by atoms with E-state index in [0.717, 1.165) is 0 Å². The molecule has 0 unspecified atom stereocenters. The van der Waals surface area contributed by atoms with Gasteiger partial charge in [-0.25, -0.2) is 0 Å². The molecule has 2 aromatic rings. The Bertz CT molecular complexity index is 1060. The molecule has 0 amide bonds. The number of nitriles is 2. The van der Waals surface area contributed by atoms with Gasteiger partial charge in [-0.3, -0.25) is 0 Å². The summed E-state index contributed by atoms with van der Waals surface area (Å²) in [5, 5.41) is 19.2. The number of rotatable bonds is 3. The zero-order chi connectivity index (χ0) is 20.9. The zero-order valence-corrected chi connectivity index (χ0v) is 17.4. The van der Waals surface area contributed by atoms with Crippen LogP contribution in [0.25, 0.3) is 0 Å². The van der Waals surface area contributed by atoms with Gasteiger partial charge in [0.1, 0.15) is 12.1 Å². The van der Waals surface area contributed by atoms with E-state index in [9.17, 15) is 18.9 Å². The molecule has 0 saturated carbocycles. The maximum absolute atomic E-state index is 12.6. The maximum Gasteiger partial charge on any atom is 0.284 e. The Morgan fingerprint density at radius 3 is 2.07 bits per heavy atom. The van der Waals surface area contributed by atoms with Crippen molar-refractivity contribution in [2.24, 2.45) is 4.40 Å². The van der Waals surface area contributed by atoms with Crippen LogP contribution in [-0.2, 0) is 10.0 Å². The molecule has 7 nitrogen and oxygen atoms in total. The summed E-state index contributed by atoms with van der Waals surface area (Å²) in [6.45, 7) is 2.18. The molecule has 1 saturated heterocycles. The molecule has 0 radical (unpaired) electrons. The third-order valence-electron chi connectivity index (χ3n) is 4.57. The number of hydrogen-bond donors (Lipinski definition) is 0. The summed E-state index contributed by atoms with van der Waals surface area (Å²) in [5.74, 6) is 0. The molecular formula is C20H19N5O2S2. The highest BCUT2D eigenvalue weighted by molar-refractivity contribution is 8.13. The predicted molar refractivity (Wildman–Crippen MR) is 114 cm³/mol. The average Bonchev–Trinajstić information content (AvgIpc) is 2.77. The van der Waals surface area contributed by atoms with Gasteiger partial charge in [0, 0.05) is 26.2 Å². The Balaban J connectivity index is 1.80. The molecule has 3 rings (SSSR count). The van der Waals surface area contributed by atoms with Crippen molar-refractivity contribution in [2.45, 2.75) is 4.90 Å². The summed E-state index contributed by atoms with van der Waals surface area (Å²) in [6, 6.07) is 17.5. The average molecular weight is 426 g/mol. The lowest BCUT2D eigenvalue weighted by Crippen LogP contribution is -2.48. The smallest absolute Gasteiger partial charge is 0.284 e. The first kappa shape index (κ1) is 20.7. The van der Waals surface area contributed by atoms with Gasteiger partial charge >= 0.3 is 0 Å². The number of amidine groups is 1. The van der Waals surface area contributed by atoms with Crippen LogP contribution in [0.1, 0.15) is 11.1 Å². The molecule has 0 bridgehead atoms. The number of hydrogen-bond acceptors (Lipinski definition) is 6. The second kappa shape index (κ2) is 8.99. The van der Waals surface area contributed by atoms with Crippen LogP contribution in [0.15, 0.2) is 57.8 Å². The lowest BCUT2D eigenvalue weighted by atomic mass is 10.1. The van der Waals surface area contributed by atoms with E-state index in [1.807, 2.05) is 9.80 Å². The lowest BCUT2D eigenvalue weighted by molar-refractivity contribution is 0.392. The van der Waals surface area contributed by atoms with Gasteiger partial charge in [0.2, 0.25) is 0 Å². The molecule has 1 fully saturated rings.